The van der Waals surface area contributed by atoms with Crippen LogP contribution in [0.2, 0.25) is 0 Å². The molecule has 2 atom stereocenters. The molecule has 1 aromatic rings. The maximum atomic E-state index is 13.0. The number of hydrogen-bond acceptors (Lipinski definition) is 5. The molecule has 1 aliphatic heterocycles. The Hall–Kier alpha value is -1.45. The lowest BCUT2D eigenvalue weighted by Crippen LogP contribution is -2.49. The number of rotatable bonds is 8. The van der Waals surface area contributed by atoms with E-state index in [0.717, 1.165) is 19.6 Å². The Morgan fingerprint density at radius 3 is 2.63 bits per heavy atom. The van der Waals surface area contributed by atoms with Gasteiger partial charge in [-0.15, -0.1) is 0 Å². The minimum absolute atomic E-state index is 0.0324. The molecule has 1 aliphatic rings. The van der Waals surface area contributed by atoms with Crippen molar-refractivity contribution in [3.63, 3.8) is 0 Å². The standard InChI is InChI=1S/C18H33N5O3S/c1-6-22(7-2)12-14(3)20-18(24)16-9-8-10-23(13-16)27(25,26)17-11-19-21(5)15(17)4/h11,14,16H,6-10,12-13H2,1-5H3,(H,20,24). The molecule has 1 fully saturated rings. The number of carbonyl (C=O) groups excluding carboxylic acids is 1. The van der Waals surface area contributed by atoms with Gasteiger partial charge in [-0.1, -0.05) is 13.8 Å². The van der Waals surface area contributed by atoms with E-state index in [1.165, 1.54) is 10.5 Å². The molecule has 0 spiro atoms. The fourth-order valence-corrected chi connectivity index (χ4v) is 5.23. The number of sulfonamides is 1. The first-order chi connectivity index (χ1) is 12.7. The number of carbonyl (C=O) groups is 1. The molecule has 0 aliphatic carbocycles. The lowest BCUT2D eigenvalue weighted by molar-refractivity contribution is -0.126. The van der Waals surface area contributed by atoms with Crippen molar-refractivity contribution in [3.8, 4) is 0 Å². The summed E-state index contributed by atoms with van der Waals surface area (Å²) < 4.78 is 28.9. The monoisotopic (exact) mass is 399 g/mol. The van der Waals surface area contributed by atoms with Crippen molar-refractivity contribution in [3.05, 3.63) is 11.9 Å². The molecule has 1 saturated heterocycles. The van der Waals surface area contributed by atoms with Crippen LogP contribution in [0.3, 0.4) is 0 Å². The number of likely N-dealkylation sites (N-methyl/N-ethyl adjacent to an activating group) is 1. The van der Waals surface area contributed by atoms with Crippen LogP contribution in [0.1, 0.15) is 39.3 Å². The van der Waals surface area contributed by atoms with Crippen LogP contribution in [0.4, 0.5) is 0 Å². The van der Waals surface area contributed by atoms with Crippen LogP contribution in [-0.4, -0.2) is 72.1 Å². The normalized spacial score (nSPS) is 20.0. The number of nitrogens with one attached hydrogen (secondary N) is 1. The summed E-state index contributed by atoms with van der Waals surface area (Å²) in [4.78, 5) is 15.2. The summed E-state index contributed by atoms with van der Waals surface area (Å²) in [6.45, 7) is 11.3. The van der Waals surface area contributed by atoms with Crippen molar-refractivity contribution in [2.45, 2.75) is 51.5 Å². The lowest BCUT2D eigenvalue weighted by Gasteiger charge is -2.32. The minimum atomic E-state index is -3.63. The number of hydrogen-bond donors (Lipinski definition) is 1. The summed E-state index contributed by atoms with van der Waals surface area (Å²) in [5.74, 6) is -0.373. The second kappa shape index (κ2) is 9.16. The third kappa shape index (κ3) is 5.08. The molecule has 2 heterocycles. The summed E-state index contributed by atoms with van der Waals surface area (Å²) in [6.07, 6.45) is 2.78. The molecular formula is C18H33N5O3S. The second-order valence-corrected chi connectivity index (χ2v) is 9.22. The summed E-state index contributed by atoms with van der Waals surface area (Å²) in [5.41, 5.74) is 0.606. The van der Waals surface area contributed by atoms with Crippen molar-refractivity contribution in [1.82, 2.24) is 24.3 Å². The van der Waals surface area contributed by atoms with Gasteiger partial charge in [0.15, 0.2) is 0 Å². The molecule has 1 N–H and O–H groups in total. The van der Waals surface area contributed by atoms with Gasteiger partial charge in [-0.25, -0.2) is 8.42 Å². The molecule has 9 heteroatoms. The molecule has 1 aromatic heterocycles. The van der Waals surface area contributed by atoms with Crippen molar-refractivity contribution in [2.75, 3.05) is 32.7 Å². The van der Waals surface area contributed by atoms with Crippen molar-refractivity contribution >= 4 is 15.9 Å². The van der Waals surface area contributed by atoms with Gasteiger partial charge in [-0.3, -0.25) is 9.48 Å². The van der Waals surface area contributed by atoms with Crippen molar-refractivity contribution in [2.24, 2.45) is 13.0 Å². The topological polar surface area (TPSA) is 87.5 Å². The van der Waals surface area contributed by atoms with E-state index in [1.54, 1.807) is 18.7 Å². The van der Waals surface area contributed by atoms with Crippen LogP contribution in [0.15, 0.2) is 11.1 Å². The predicted octanol–water partition coefficient (Wildman–Crippen LogP) is 0.976. The summed E-state index contributed by atoms with van der Waals surface area (Å²) in [7, 11) is -1.91. The van der Waals surface area contributed by atoms with E-state index < -0.39 is 10.0 Å². The van der Waals surface area contributed by atoms with Gasteiger partial charge in [-0.2, -0.15) is 9.40 Å². The predicted molar refractivity (Wildman–Crippen MR) is 105 cm³/mol. The molecule has 0 radical (unpaired) electrons. The Morgan fingerprint density at radius 1 is 1.41 bits per heavy atom. The largest absolute Gasteiger partial charge is 0.352 e. The highest BCUT2D eigenvalue weighted by atomic mass is 32.2. The fraction of sp³-hybridized carbons (Fsp3) is 0.778. The molecule has 0 saturated carbocycles. The van der Waals surface area contributed by atoms with Gasteiger partial charge < -0.3 is 10.2 Å². The quantitative estimate of drug-likeness (QED) is 0.704. The second-order valence-electron chi connectivity index (χ2n) is 7.32. The molecule has 154 valence electrons. The van der Waals surface area contributed by atoms with Crippen molar-refractivity contribution < 1.29 is 13.2 Å². The van der Waals surface area contributed by atoms with E-state index >= 15 is 0 Å². The molecular weight excluding hydrogens is 366 g/mol. The zero-order valence-corrected chi connectivity index (χ0v) is 17.9. The molecule has 1 amide bonds. The highest BCUT2D eigenvalue weighted by Gasteiger charge is 2.35. The lowest BCUT2D eigenvalue weighted by atomic mass is 9.98. The smallest absolute Gasteiger partial charge is 0.246 e. The minimum Gasteiger partial charge on any atom is -0.352 e. The van der Waals surface area contributed by atoms with Gasteiger partial charge in [0.05, 0.1) is 17.8 Å². The molecule has 2 unspecified atom stereocenters. The first-order valence-corrected chi connectivity index (χ1v) is 11.2. The van der Waals surface area contributed by atoms with E-state index in [-0.39, 0.29) is 29.3 Å². The Labute approximate surface area is 162 Å². The maximum absolute atomic E-state index is 13.0. The summed E-state index contributed by atoms with van der Waals surface area (Å²) in [6, 6.07) is 0.0324. The summed E-state index contributed by atoms with van der Waals surface area (Å²) >= 11 is 0. The van der Waals surface area contributed by atoms with Gasteiger partial charge in [-0.05, 0) is 39.8 Å². The first kappa shape index (κ1) is 21.8. The molecule has 27 heavy (non-hydrogen) atoms. The molecule has 0 bridgehead atoms. The Bertz CT molecular complexity index is 742. The van der Waals surface area contributed by atoms with E-state index in [0.29, 0.717) is 25.1 Å². The maximum Gasteiger partial charge on any atom is 0.246 e. The van der Waals surface area contributed by atoms with E-state index in [2.05, 4.69) is 29.2 Å². The Balaban J connectivity index is 2.02. The highest BCUT2D eigenvalue weighted by Crippen LogP contribution is 2.25. The molecule has 2 rings (SSSR count). The Morgan fingerprint density at radius 2 is 2.07 bits per heavy atom. The zero-order chi connectivity index (χ0) is 20.2. The third-order valence-electron chi connectivity index (χ3n) is 5.38. The average Bonchev–Trinajstić information content (AvgIpc) is 2.99. The van der Waals surface area contributed by atoms with Gasteiger partial charge in [0.2, 0.25) is 15.9 Å². The van der Waals surface area contributed by atoms with E-state index in [9.17, 15) is 13.2 Å². The van der Waals surface area contributed by atoms with Crippen LogP contribution in [-0.2, 0) is 21.9 Å². The van der Waals surface area contributed by atoms with E-state index in [4.69, 9.17) is 0 Å². The average molecular weight is 400 g/mol. The fourth-order valence-electron chi connectivity index (χ4n) is 3.52. The Kier molecular flexibility index (Phi) is 7.41. The number of aryl methyl sites for hydroxylation is 1. The van der Waals surface area contributed by atoms with Crippen molar-refractivity contribution in [1.29, 1.82) is 0 Å². The number of nitrogens with zero attached hydrogens (tertiary/aromatic N) is 4. The highest BCUT2D eigenvalue weighted by molar-refractivity contribution is 7.89. The molecule has 8 nitrogen and oxygen atoms in total. The van der Waals surface area contributed by atoms with Crippen LogP contribution < -0.4 is 5.32 Å². The first-order valence-electron chi connectivity index (χ1n) is 9.72. The third-order valence-corrected chi connectivity index (χ3v) is 7.35. The van der Waals surface area contributed by atoms with Crippen LogP contribution in [0, 0.1) is 12.8 Å². The van der Waals surface area contributed by atoms with Crippen LogP contribution in [0.5, 0.6) is 0 Å². The van der Waals surface area contributed by atoms with Crippen LogP contribution >= 0.6 is 0 Å². The van der Waals surface area contributed by atoms with Gasteiger partial charge in [0.1, 0.15) is 4.90 Å². The van der Waals surface area contributed by atoms with Crippen LogP contribution in [0.25, 0.3) is 0 Å². The SMILES string of the molecule is CCN(CC)CC(C)NC(=O)C1CCCN(S(=O)(=O)c2cnn(C)c2C)C1. The number of amides is 1. The van der Waals surface area contributed by atoms with E-state index in [1.807, 2.05) is 6.92 Å². The summed E-state index contributed by atoms with van der Waals surface area (Å²) in [5, 5.41) is 7.10. The molecule has 0 aromatic carbocycles. The zero-order valence-electron chi connectivity index (χ0n) is 17.1. The number of piperidine rings is 1. The number of aromatic nitrogens is 2. The van der Waals surface area contributed by atoms with Gasteiger partial charge in [0.25, 0.3) is 0 Å². The van der Waals surface area contributed by atoms with Gasteiger partial charge >= 0.3 is 0 Å². The van der Waals surface area contributed by atoms with Gasteiger partial charge in [0, 0.05) is 32.7 Å².